The van der Waals surface area contributed by atoms with E-state index in [4.69, 9.17) is 11.6 Å². The first kappa shape index (κ1) is 11.0. The molecular formula is C12H12ClN3. The van der Waals surface area contributed by atoms with Crippen molar-refractivity contribution >= 4 is 11.6 Å². The number of aromatic nitrogens is 3. The average molecular weight is 234 g/mol. The van der Waals surface area contributed by atoms with Crippen LogP contribution in [-0.2, 0) is 0 Å². The fourth-order valence-corrected chi connectivity index (χ4v) is 1.53. The molecule has 0 aliphatic heterocycles. The lowest BCUT2D eigenvalue weighted by Crippen LogP contribution is -1.99. The van der Waals surface area contributed by atoms with Crippen molar-refractivity contribution in [1.29, 1.82) is 0 Å². The lowest BCUT2D eigenvalue weighted by molar-refractivity contribution is 0.775. The summed E-state index contributed by atoms with van der Waals surface area (Å²) in [5.41, 5.74) is 1.58. The van der Waals surface area contributed by atoms with Gasteiger partial charge in [-0.3, -0.25) is 4.98 Å². The second-order valence-corrected chi connectivity index (χ2v) is 4.19. The van der Waals surface area contributed by atoms with Crippen LogP contribution in [0.3, 0.4) is 0 Å². The maximum absolute atomic E-state index is 5.97. The van der Waals surface area contributed by atoms with Crippen LogP contribution in [0, 0.1) is 0 Å². The van der Waals surface area contributed by atoms with E-state index in [1.807, 2.05) is 32.0 Å². The van der Waals surface area contributed by atoms with Crippen LogP contribution in [0.25, 0.3) is 11.4 Å². The van der Waals surface area contributed by atoms with E-state index in [2.05, 4.69) is 15.0 Å². The molecule has 0 fully saturated rings. The van der Waals surface area contributed by atoms with Crippen molar-refractivity contribution in [2.45, 2.75) is 19.8 Å². The lowest BCUT2D eigenvalue weighted by atomic mass is 10.2. The quantitative estimate of drug-likeness (QED) is 0.747. The van der Waals surface area contributed by atoms with Crippen LogP contribution < -0.4 is 0 Å². The van der Waals surface area contributed by atoms with Gasteiger partial charge in [-0.25, -0.2) is 9.97 Å². The summed E-state index contributed by atoms with van der Waals surface area (Å²) in [6.07, 6.45) is 1.74. The van der Waals surface area contributed by atoms with Gasteiger partial charge in [0.05, 0.1) is 11.4 Å². The molecule has 0 saturated heterocycles. The molecule has 82 valence electrons. The minimum Gasteiger partial charge on any atom is -0.255 e. The van der Waals surface area contributed by atoms with Crippen molar-refractivity contribution in [3.05, 3.63) is 41.4 Å². The second-order valence-electron chi connectivity index (χ2n) is 3.80. The van der Waals surface area contributed by atoms with E-state index in [-0.39, 0.29) is 5.92 Å². The Balaban J connectivity index is 2.50. The molecule has 2 rings (SSSR count). The van der Waals surface area contributed by atoms with Gasteiger partial charge in [-0.05, 0) is 12.1 Å². The molecular weight excluding hydrogens is 222 g/mol. The Morgan fingerprint density at radius 3 is 2.56 bits per heavy atom. The van der Waals surface area contributed by atoms with Crippen molar-refractivity contribution in [2.24, 2.45) is 0 Å². The highest BCUT2D eigenvalue weighted by atomic mass is 35.5. The fourth-order valence-electron chi connectivity index (χ4n) is 1.34. The van der Waals surface area contributed by atoms with Crippen LogP contribution in [-0.4, -0.2) is 15.0 Å². The first-order valence-electron chi connectivity index (χ1n) is 5.12. The van der Waals surface area contributed by atoms with E-state index in [1.165, 1.54) is 0 Å². The molecule has 0 saturated carbocycles. The highest BCUT2D eigenvalue weighted by Gasteiger charge is 2.08. The smallest absolute Gasteiger partial charge is 0.133 e. The highest BCUT2D eigenvalue weighted by Crippen LogP contribution is 2.20. The Morgan fingerprint density at radius 1 is 1.12 bits per heavy atom. The minimum atomic E-state index is 0.251. The molecule has 0 aromatic carbocycles. The van der Waals surface area contributed by atoms with Gasteiger partial charge in [0.25, 0.3) is 0 Å². The summed E-state index contributed by atoms with van der Waals surface area (Å²) in [4.78, 5) is 12.9. The number of rotatable bonds is 2. The SMILES string of the molecule is CC(C)c1nc(Cl)cc(-c2ccccn2)n1. The van der Waals surface area contributed by atoms with Gasteiger partial charge >= 0.3 is 0 Å². The van der Waals surface area contributed by atoms with Crippen molar-refractivity contribution in [3.63, 3.8) is 0 Å². The molecule has 0 spiro atoms. The summed E-state index contributed by atoms with van der Waals surface area (Å²) >= 11 is 5.97. The van der Waals surface area contributed by atoms with Crippen molar-refractivity contribution in [2.75, 3.05) is 0 Å². The molecule has 4 heteroatoms. The van der Waals surface area contributed by atoms with Crippen molar-refractivity contribution in [1.82, 2.24) is 15.0 Å². The summed E-state index contributed by atoms with van der Waals surface area (Å²) < 4.78 is 0. The van der Waals surface area contributed by atoms with Crippen LogP contribution in [0.2, 0.25) is 5.15 Å². The molecule has 2 aromatic heterocycles. The topological polar surface area (TPSA) is 38.7 Å². The van der Waals surface area contributed by atoms with Gasteiger partial charge < -0.3 is 0 Å². The summed E-state index contributed by atoms with van der Waals surface area (Å²) in [7, 11) is 0. The molecule has 16 heavy (non-hydrogen) atoms. The molecule has 3 nitrogen and oxygen atoms in total. The Hall–Kier alpha value is -1.48. The van der Waals surface area contributed by atoms with E-state index >= 15 is 0 Å². The zero-order valence-corrected chi connectivity index (χ0v) is 9.94. The third-order valence-corrected chi connectivity index (χ3v) is 2.35. The van der Waals surface area contributed by atoms with Crippen LogP contribution in [0.4, 0.5) is 0 Å². The highest BCUT2D eigenvalue weighted by molar-refractivity contribution is 6.29. The predicted octanol–water partition coefficient (Wildman–Crippen LogP) is 3.32. The van der Waals surface area contributed by atoms with Crippen molar-refractivity contribution in [3.8, 4) is 11.4 Å². The van der Waals surface area contributed by atoms with Crippen LogP contribution in [0.15, 0.2) is 30.5 Å². The third-order valence-electron chi connectivity index (χ3n) is 2.16. The number of pyridine rings is 1. The van der Waals surface area contributed by atoms with E-state index in [0.29, 0.717) is 5.15 Å². The molecule has 2 aromatic rings. The number of nitrogens with zero attached hydrogens (tertiary/aromatic N) is 3. The standard InChI is InChI=1S/C12H12ClN3/c1-8(2)12-15-10(7-11(13)16-12)9-5-3-4-6-14-9/h3-8H,1-2H3. The van der Waals surface area contributed by atoms with Gasteiger partial charge in [0, 0.05) is 18.2 Å². The summed E-state index contributed by atoms with van der Waals surface area (Å²) in [6, 6.07) is 7.43. The molecule has 0 aliphatic rings. The Bertz CT molecular complexity index is 483. The van der Waals surface area contributed by atoms with Crippen LogP contribution in [0.1, 0.15) is 25.6 Å². The molecule has 0 unspecified atom stereocenters. The Kier molecular flexibility index (Phi) is 3.15. The maximum Gasteiger partial charge on any atom is 0.133 e. The van der Waals surface area contributed by atoms with Crippen molar-refractivity contribution < 1.29 is 0 Å². The lowest BCUT2D eigenvalue weighted by Gasteiger charge is -2.06. The average Bonchev–Trinajstić information content (AvgIpc) is 2.29. The first-order chi connectivity index (χ1) is 7.66. The summed E-state index contributed by atoms with van der Waals surface area (Å²) in [5, 5.41) is 0.458. The van der Waals surface area contributed by atoms with E-state index < -0.39 is 0 Å². The molecule has 0 N–H and O–H groups in total. The van der Waals surface area contributed by atoms with Gasteiger partial charge in [-0.15, -0.1) is 0 Å². The molecule has 2 heterocycles. The zero-order chi connectivity index (χ0) is 11.5. The second kappa shape index (κ2) is 4.58. The van der Waals surface area contributed by atoms with E-state index in [0.717, 1.165) is 17.2 Å². The molecule has 0 atom stereocenters. The third kappa shape index (κ3) is 2.36. The first-order valence-corrected chi connectivity index (χ1v) is 5.50. The van der Waals surface area contributed by atoms with Gasteiger partial charge in [0.1, 0.15) is 11.0 Å². The van der Waals surface area contributed by atoms with Gasteiger partial charge in [-0.2, -0.15) is 0 Å². The minimum absolute atomic E-state index is 0.251. The summed E-state index contributed by atoms with van der Waals surface area (Å²) in [5.74, 6) is 0.995. The summed E-state index contributed by atoms with van der Waals surface area (Å²) in [6.45, 7) is 4.07. The Labute approximate surface area is 99.5 Å². The monoisotopic (exact) mass is 233 g/mol. The van der Waals surface area contributed by atoms with Crippen LogP contribution >= 0.6 is 11.6 Å². The van der Waals surface area contributed by atoms with Gasteiger partial charge in [0.2, 0.25) is 0 Å². The van der Waals surface area contributed by atoms with E-state index in [1.54, 1.807) is 12.3 Å². The van der Waals surface area contributed by atoms with Gasteiger partial charge in [-0.1, -0.05) is 31.5 Å². The molecule has 0 bridgehead atoms. The zero-order valence-electron chi connectivity index (χ0n) is 9.18. The predicted molar refractivity (Wildman–Crippen MR) is 64.4 cm³/mol. The van der Waals surface area contributed by atoms with Crippen LogP contribution in [0.5, 0.6) is 0 Å². The van der Waals surface area contributed by atoms with E-state index in [9.17, 15) is 0 Å². The number of hydrogen-bond acceptors (Lipinski definition) is 3. The molecule has 0 aliphatic carbocycles. The molecule has 0 amide bonds. The number of hydrogen-bond donors (Lipinski definition) is 0. The van der Waals surface area contributed by atoms with Gasteiger partial charge in [0.15, 0.2) is 0 Å². The Morgan fingerprint density at radius 2 is 1.94 bits per heavy atom. The fraction of sp³-hybridized carbons (Fsp3) is 0.250. The maximum atomic E-state index is 5.97. The normalized spacial score (nSPS) is 10.8. The number of halogens is 1. The molecule has 0 radical (unpaired) electrons. The largest absolute Gasteiger partial charge is 0.255 e.